The van der Waals surface area contributed by atoms with Gasteiger partial charge in [-0.05, 0) is 98.8 Å². The van der Waals surface area contributed by atoms with Crippen LogP contribution in [0, 0.1) is 29.1 Å². The van der Waals surface area contributed by atoms with E-state index in [1.54, 1.807) is 31.5 Å². The SMILES string of the molecule is CC(C)CC(C(=O)NC[C@H](NC(=O)OCC12CC3CC(CC(C3)C1)C2)C(=O)O)N1C(=O)N(Cc2ccccc2)C(C)(c2ccncc2)C1=O. The Balaban J connectivity index is 1.15. The van der Waals surface area contributed by atoms with E-state index in [-0.39, 0.29) is 30.9 Å². The Kier molecular flexibility index (Phi) is 9.68. The van der Waals surface area contributed by atoms with Gasteiger partial charge in [0.25, 0.3) is 5.91 Å². The number of carbonyl (C=O) groups is 5. The smallest absolute Gasteiger partial charge is 0.407 e. The second-order valence-corrected chi connectivity index (χ2v) is 15.3. The fourth-order valence-corrected chi connectivity index (χ4v) is 9.15. The summed E-state index contributed by atoms with van der Waals surface area (Å²) in [4.78, 5) is 74.0. The largest absolute Gasteiger partial charge is 0.480 e. The zero-order valence-electron chi connectivity index (χ0n) is 28.5. The number of carboxylic acid groups (broad SMARTS) is 1. The molecule has 7 rings (SSSR count). The predicted octanol–water partition coefficient (Wildman–Crippen LogP) is 4.69. The van der Waals surface area contributed by atoms with Gasteiger partial charge in [-0.15, -0.1) is 0 Å². The van der Waals surface area contributed by atoms with E-state index >= 15 is 0 Å². The molecule has 5 fully saturated rings. The van der Waals surface area contributed by atoms with E-state index in [2.05, 4.69) is 15.6 Å². The van der Waals surface area contributed by atoms with Crippen molar-refractivity contribution in [2.24, 2.45) is 29.1 Å². The summed E-state index contributed by atoms with van der Waals surface area (Å²) in [6.07, 6.45) is 9.29. The lowest BCUT2D eigenvalue weighted by molar-refractivity contribution is -0.141. The summed E-state index contributed by atoms with van der Waals surface area (Å²) in [6, 6.07) is 9.30. The topological polar surface area (TPSA) is 158 Å². The van der Waals surface area contributed by atoms with E-state index in [0.29, 0.717) is 23.3 Å². The van der Waals surface area contributed by atoms with Crippen molar-refractivity contribution in [2.75, 3.05) is 13.2 Å². The number of aliphatic carboxylic acids is 1. The Morgan fingerprint density at radius 3 is 2.16 bits per heavy atom. The van der Waals surface area contributed by atoms with Crippen molar-refractivity contribution in [2.45, 2.75) is 89.9 Å². The van der Waals surface area contributed by atoms with Gasteiger partial charge in [-0.25, -0.2) is 19.3 Å². The third-order valence-corrected chi connectivity index (χ3v) is 11.1. The molecular weight excluding hydrogens is 626 g/mol. The Bertz CT molecular complexity index is 1530. The van der Waals surface area contributed by atoms with Crippen LogP contribution in [-0.2, 0) is 31.2 Å². The predicted molar refractivity (Wildman–Crippen MR) is 179 cm³/mol. The molecule has 1 saturated heterocycles. The lowest BCUT2D eigenvalue weighted by Gasteiger charge is -2.56. The van der Waals surface area contributed by atoms with E-state index in [1.165, 1.54) is 24.2 Å². The molecule has 4 saturated carbocycles. The summed E-state index contributed by atoms with van der Waals surface area (Å²) in [5.41, 5.74) is -0.111. The highest BCUT2D eigenvalue weighted by Gasteiger charge is 2.58. The molecule has 262 valence electrons. The van der Waals surface area contributed by atoms with Crippen LogP contribution >= 0.6 is 0 Å². The number of ether oxygens (including phenoxy) is 1. The molecule has 49 heavy (non-hydrogen) atoms. The number of aromatic nitrogens is 1. The average Bonchev–Trinajstić information content (AvgIpc) is 3.25. The number of carboxylic acids is 1. The number of nitrogens with one attached hydrogen (secondary N) is 2. The third kappa shape index (κ3) is 7.00. The number of hydrogen-bond acceptors (Lipinski definition) is 7. The lowest BCUT2D eigenvalue weighted by Crippen LogP contribution is -2.55. The van der Waals surface area contributed by atoms with Gasteiger partial charge >= 0.3 is 18.1 Å². The van der Waals surface area contributed by atoms with Crippen molar-refractivity contribution >= 4 is 29.9 Å². The number of hydrogen-bond donors (Lipinski definition) is 3. The number of rotatable bonds is 13. The highest BCUT2D eigenvalue weighted by atomic mass is 16.5. The first-order valence-electron chi connectivity index (χ1n) is 17.4. The molecule has 5 aliphatic rings. The van der Waals surface area contributed by atoms with Crippen LogP contribution in [-0.4, -0.2) is 75.0 Å². The van der Waals surface area contributed by atoms with Crippen LogP contribution in [0.4, 0.5) is 9.59 Å². The van der Waals surface area contributed by atoms with Crippen LogP contribution < -0.4 is 10.6 Å². The Hall–Kier alpha value is -4.48. The molecule has 2 heterocycles. The molecule has 4 bridgehead atoms. The Morgan fingerprint density at radius 1 is 0.980 bits per heavy atom. The van der Waals surface area contributed by atoms with Crippen LogP contribution in [0.5, 0.6) is 0 Å². The molecule has 4 aliphatic carbocycles. The Morgan fingerprint density at radius 2 is 1.59 bits per heavy atom. The molecule has 5 amide bonds. The number of imide groups is 1. The number of pyridine rings is 1. The van der Waals surface area contributed by atoms with Crippen LogP contribution in [0.2, 0.25) is 0 Å². The second-order valence-electron chi connectivity index (χ2n) is 15.3. The van der Waals surface area contributed by atoms with E-state index < -0.39 is 54.1 Å². The van der Waals surface area contributed by atoms with Gasteiger partial charge in [0.2, 0.25) is 5.91 Å². The van der Waals surface area contributed by atoms with Crippen LogP contribution in [0.1, 0.15) is 76.8 Å². The minimum absolute atomic E-state index is 0.0307. The van der Waals surface area contributed by atoms with Crippen molar-refractivity contribution < 1.29 is 33.8 Å². The van der Waals surface area contributed by atoms with Gasteiger partial charge in [0.15, 0.2) is 0 Å². The number of urea groups is 1. The number of amides is 5. The summed E-state index contributed by atoms with van der Waals surface area (Å²) in [7, 11) is 0. The highest BCUT2D eigenvalue weighted by molar-refractivity contribution is 6.10. The van der Waals surface area contributed by atoms with Gasteiger partial charge in [0.05, 0.1) is 6.61 Å². The van der Waals surface area contributed by atoms with Gasteiger partial charge in [-0.1, -0.05) is 44.2 Å². The normalized spacial score (nSPS) is 28.4. The number of carbonyl (C=O) groups excluding carboxylic acids is 4. The molecule has 12 nitrogen and oxygen atoms in total. The summed E-state index contributed by atoms with van der Waals surface area (Å²) in [5, 5.41) is 14.9. The maximum atomic E-state index is 14.4. The van der Waals surface area contributed by atoms with Crippen LogP contribution in [0.3, 0.4) is 0 Å². The highest BCUT2D eigenvalue weighted by Crippen LogP contribution is 2.60. The molecule has 3 N–H and O–H groups in total. The minimum atomic E-state index is -1.48. The molecule has 1 aromatic heterocycles. The first-order valence-corrected chi connectivity index (χ1v) is 17.4. The first kappa shape index (κ1) is 34.4. The minimum Gasteiger partial charge on any atom is -0.480 e. The fourth-order valence-electron chi connectivity index (χ4n) is 9.15. The van der Waals surface area contributed by atoms with E-state index in [4.69, 9.17) is 4.74 Å². The van der Waals surface area contributed by atoms with Crippen molar-refractivity contribution in [1.29, 1.82) is 0 Å². The molecule has 0 spiro atoms. The number of benzene rings is 1. The fraction of sp³-hybridized carbons (Fsp3) is 0.568. The average molecular weight is 674 g/mol. The van der Waals surface area contributed by atoms with E-state index in [0.717, 1.165) is 29.7 Å². The zero-order valence-corrected chi connectivity index (χ0v) is 28.5. The maximum Gasteiger partial charge on any atom is 0.407 e. The summed E-state index contributed by atoms with van der Waals surface area (Å²) in [5.74, 6) is -0.659. The zero-order chi connectivity index (χ0) is 34.9. The first-order chi connectivity index (χ1) is 23.4. The molecule has 2 aromatic rings. The van der Waals surface area contributed by atoms with Gasteiger partial charge < -0.3 is 25.4 Å². The van der Waals surface area contributed by atoms with Gasteiger partial charge in [-0.3, -0.25) is 14.6 Å². The lowest BCUT2D eigenvalue weighted by atomic mass is 9.50. The van der Waals surface area contributed by atoms with Crippen molar-refractivity contribution in [3.8, 4) is 0 Å². The van der Waals surface area contributed by atoms with Crippen molar-refractivity contribution in [3.05, 3.63) is 66.0 Å². The molecule has 1 aliphatic heterocycles. The molecule has 2 unspecified atom stereocenters. The third-order valence-electron chi connectivity index (χ3n) is 11.1. The summed E-state index contributed by atoms with van der Waals surface area (Å²) >= 11 is 0. The monoisotopic (exact) mass is 673 g/mol. The summed E-state index contributed by atoms with van der Waals surface area (Å²) in [6.45, 7) is 5.32. The van der Waals surface area contributed by atoms with E-state index in [1.807, 2.05) is 44.2 Å². The quantitative estimate of drug-likeness (QED) is 0.259. The molecule has 1 aromatic carbocycles. The van der Waals surface area contributed by atoms with Gasteiger partial charge in [0.1, 0.15) is 17.6 Å². The van der Waals surface area contributed by atoms with Gasteiger partial charge in [-0.2, -0.15) is 0 Å². The number of nitrogens with zero attached hydrogens (tertiary/aromatic N) is 3. The maximum absolute atomic E-state index is 14.4. The standard InChI is InChI=1S/C37H47N5O7/c1-23(2)13-30(42-33(46)36(3,28-9-11-38-12-10-28)41(35(42)48)21-24-7-5-4-6-8-24)31(43)39-20-29(32(44)45)40-34(47)49-22-37-17-25-14-26(18-37)16-27(15-25)19-37/h4-12,23,25-27,29-30H,13-22H2,1-3H3,(H,39,43)(H,40,47)(H,44,45)/t25?,26?,27?,29-,30?,36?,37?/m0/s1. The summed E-state index contributed by atoms with van der Waals surface area (Å²) < 4.78 is 5.62. The molecular formula is C37H47N5O7. The van der Waals surface area contributed by atoms with Crippen LogP contribution in [0.15, 0.2) is 54.9 Å². The van der Waals surface area contributed by atoms with Gasteiger partial charge in [0, 0.05) is 30.9 Å². The van der Waals surface area contributed by atoms with Crippen LogP contribution in [0.25, 0.3) is 0 Å². The Labute approximate surface area is 287 Å². The second kappa shape index (κ2) is 13.8. The van der Waals surface area contributed by atoms with Crippen molar-refractivity contribution in [3.63, 3.8) is 0 Å². The number of alkyl carbamates (subject to hydrolysis) is 1. The molecule has 0 radical (unpaired) electrons. The molecule has 12 heteroatoms. The van der Waals surface area contributed by atoms with Crippen molar-refractivity contribution in [1.82, 2.24) is 25.4 Å². The van der Waals surface area contributed by atoms with E-state index in [9.17, 15) is 29.1 Å². The molecule has 3 atom stereocenters.